The molecule has 12 heavy (non-hydrogen) atoms. The summed E-state index contributed by atoms with van der Waals surface area (Å²) in [7, 11) is 0. The summed E-state index contributed by atoms with van der Waals surface area (Å²) in [4.78, 5) is 4.08. The smallest absolute Gasteiger partial charge is 0.358 e. The van der Waals surface area contributed by atoms with Crippen LogP contribution in [0.5, 0.6) is 0 Å². The van der Waals surface area contributed by atoms with Crippen molar-refractivity contribution in [1.82, 2.24) is 20.4 Å². The van der Waals surface area contributed by atoms with Gasteiger partial charge in [0.25, 0.3) is 0 Å². The van der Waals surface area contributed by atoms with Gasteiger partial charge in [0.15, 0.2) is 0 Å². The van der Waals surface area contributed by atoms with Crippen molar-refractivity contribution in [2.45, 2.75) is 0 Å². The van der Waals surface area contributed by atoms with Crippen molar-refractivity contribution < 1.29 is 17.1 Å². The van der Waals surface area contributed by atoms with Crippen molar-refractivity contribution in [2.24, 2.45) is 0 Å². The Balaban J connectivity index is 0.000000720. The molecule has 0 radical (unpaired) electrons. The van der Waals surface area contributed by atoms with Crippen LogP contribution in [0.2, 0.25) is 0 Å². The Kier molecular flexibility index (Phi) is 2.96. The van der Waals surface area contributed by atoms with Crippen LogP contribution in [-0.4, -0.2) is 15.3 Å². The number of hydrogen-bond acceptors (Lipinski definition) is 3. The molecule has 0 saturated heterocycles. The first-order chi connectivity index (χ1) is 5.47. The quantitative estimate of drug-likeness (QED) is 0.641. The SMILES string of the molecule is [Cu+].c1ccc(-c2cnn[n-]2)nc1. The third-order valence-corrected chi connectivity index (χ3v) is 1.31. The second kappa shape index (κ2) is 3.99. The van der Waals surface area contributed by atoms with Crippen molar-refractivity contribution in [3.63, 3.8) is 0 Å². The van der Waals surface area contributed by atoms with Crippen LogP contribution in [0.3, 0.4) is 0 Å². The molecule has 5 heteroatoms. The minimum atomic E-state index is 0. The zero-order valence-electron chi connectivity index (χ0n) is 5.98. The molecule has 2 aromatic heterocycles. The largest absolute Gasteiger partial charge is 1.00 e. The Morgan fingerprint density at radius 3 is 2.75 bits per heavy atom. The molecule has 2 heterocycles. The van der Waals surface area contributed by atoms with Gasteiger partial charge in [0.2, 0.25) is 0 Å². The molecule has 0 amide bonds. The van der Waals surface area contributed by atoms with Crippen LogP contribution in [0, 0.1) is 0 Å². The van der Waals surface area contributed by atoms with E-state index in [1.54, 1.807) is 12.4 Å². The van der Waals surface area contributed by atoms with Crippen LogP contribution >= 0.6 is 0 Å². The molecule has 0 saturated carbocycles. The molecule has 64 valence electrons. The standard InChI is InChI=1S/C7H5N4.Cu/c1-2-4-8-6(3-1)7-5-9-11-10-7;/h1-5H;/q-1;+1. The third-order valence-electron chi connectivity index (χ3n) is 1.31. The molecule has 0 N–H and O–H groups in total. The van der Waals surface area contributed by atoms with E-state index in [0.29, 0.717) is 5.69 Å². The van der Waals surface area contributed by atoms with E-state index in [-0.39, 0.29) is 17.1 Å². The second-order valence-corrected chi connectivity index (χ2v) is 2.03. The van der Waals surface area contributed by atoms with Gasteiger partial charge in [0.05, 0.1) is 5.69 Å². The molecule has 0 fully saturated rings. The fourth-order valence-corrected chi connectivity index (χ4v) is 0.812. The number of rotatable bonds is 1. The van der Waals surface area contributed by atoms with Gasteiger partial charge in [0, 0.05) is 6.20 Å². The van der Waals surface area contributed by atoms with Gasteiger partial charge in [-0.3, -0.25) is 10.2 Å². The topological polar surface area (TPSA) is 52.8 Å². The zero-order chi connectivity index (χ0) is 7.52. The summed E-state index contributed by atoms with van der Waals surface area (Å²) in [5.41, 5.74) is 1.52. The second-order valence-electron chi connectivity index (χ2n) is 2.03. The van der Waals surface area contributed by atoms with E-state index in [4.69, 9.17) is 0 Å². The van der Waals surface area contributed by atoms with E-state index in [0.717, 1.165) is 5.69 Å². The number of hydrogen-bond donors (Lipinski definition) is 0. The first kappa shape index (κ1) is 8.90. The summed E-state index contributed by atoms with van der Waals surface area (Å²) >= 11 is 0. The Bertz CT molecular complexity index is 318. The van der Waals surface area contributed by atoms with Crippen LogP contribution < -0.4 is 5.10 Å². The van der Waals surface area contributed by atoms with Crippen molar-refractivity contribution in [3.8, 4) is 11.4 Å². The summed E-state index contributed by atoms with van der Waals surface area (Å²) in [6, 6.07) is 5.62. The van der Waals surface area contributed by atoms with Gasteiger partial charge in [-0.25, -0.2) is 0 Å². The molecule has 2 rings (SSSR count). The Morgan fingerprint density at radius 2 is 2.17 bits per heavy atom. The molecular weight excluding hydrogens is 204 g/mol. The first-order valence-electron chi connectivity index (χ1n) is 3.19. The van der Waals surface area contributed by atoms with E-state index in [9.17, 15) is 0 Å². The molecule has 0 unspecified atom stereocenters. The average molecular weight is 209 g/mol. The van der Waals surface area contributed by atoms with E-state index >= 15 is 0 Å². The summed E-state index contributed by atoms with van der Waals surface area (Å²) in [6.45, 7) is 0. The summed E-state index contributed by atoms with van der Waals surface area (Å²) in [5.74, 6) is 0. The Labute approximate surface area is 79.9 Å². The van der Waals surface area contributed by atoms with Gasteiger partial charge >= 0.3 is 17.1 Å². The third kappa shape index (κ3) is 1.69. The van der Waals surface area contributed by atoms with Gasteiger partial charge in [-0.1, -0.05) is 12.3 Å². The van der Waals surface area contributed by atoms with E-state index in [1.165, 1.54) is 0 Å². The molecule has 2 aromatic rings. The molecule has 0 aliphatic rings. The van der Waals surface area contributed by atoms with Crippen LogP contribution in [0.1, 0.15) is 0 Å². The Hall–Kier alpha value is -1.19. The molecule has 0 bridgehead atoms. The van der Waals surface area contributed by atoms with Crippen LogP contribution in [0.15, 0.2) is 30.6 Å². The molecule has 4 nitrogen and oxygen atoms in total. The van der Waals surface area contributed by atoms with Gasteiger partial charge in [-0.05, 0) is 17.8 Å². The summed E-state index contributed by atoms with van der Waals surface area (Å²) in [5, 5.41) is 10.8. The monoisotopic (exact) mass is 208 g/mol. The summed E-state index contributed by atoms with van der Waals surface area (Å²) in [6.07, 6.45) is 3.30. The number of pyridine rings is 1. The predicted molar refractivity (Wildman–Crippen MR) is 38.6 cm³/mol. The fourth-order valence-electron chi connectivity index (χ4n) is 0.812. The predicted octanol–water partition coefficient (Wildman–Crippen LogP) is 0.493. The van der Waals surface area contributed by atoms with E-state index < -0.39 is 0 Å². The van der Waals surface area contributed by atoms with Crippen molar-refractivity contribution in [1.29, 1.82) is 0 Å². The minimum Gasteiger partial charge on any atom is -0.358 e. The van der Waals surface area contributed by atoms with Gasteiger partial charge < -0.3 is 10.2 Å². The maximum absolute atomic E-state index is 4.08. The van der Waals surface area contributed by atoms with Crippen molar-refractivity contribution in [3.05, 3.63) is 30.6 Å². The van der Waals surface area contributed by atoms with Gasteiger partial charge in [0.1, 0.15) is 0 Å². The molecule has 0 aromatic carbocycles. The van der Waals surface area contributed by atoms with Crippen molar-refractivity contribution >= 4 is 0 Å². The van der Waals surface area contributed by atoms with Gasteiger partial charge in [-0.2, -0.15) is 0 Å². The zero-order valence-corrected chi connectivity index (χ0v) is 6.92. The number of nitrogens with zero attached hydrogens (tertiary/aromatic N) is 4. The van der Waals surface area contributed by atoms with Crippen LogP contribution in [-0.2, 0) is 17.1 Å². The molecule has 0 aliphatic carbocycles. The molecule has 0 spiro atoms. The summed E-state index contributed by atoms with van der Waals surface area (Å²) < 4.78 is 0. The van der Waals surface area contributed by atoms with E-state index in [1.807, 2.05) is 18.2 Å². The Morgan fingerprint density at radius 1 is 1.25 bits per heavy atom. The molecule has 0 atom stereocenters. The van der Waals surface area contributed by atoms with E-state index in [2.05, 4.69) is 20.4 Å². The number of aromatic nitrogens is 4. The maximum Gasteiger partial charge on any atom is 1.00 e. The molecular formula is C7H5CuN4. The normalized spacial score (nSPS) is 9.00. The first-order valence-corrected chi connectivity index (χ1v) is 3.19. The van der Waals surface area contributed by atoms with Crippen LogP contribution in [0.25, 0.3) is 11.4 Å². The average Bonchev–Trinajstić information content (AvgIpc) is 2.58. The van der Waals surface area contributed by atoms with Crippen molar-refractivity contribution in [2.75, 3.05) is 0 Å². The maximum atomic E-state index is 4.08. The minimum absolute atomic E-state index is 0. The van der Waals surface area contributed by atoms with Gasteiger partial charge in [-0.15, -0.1) is 0 Å². The molecule has 0 aliphatic heterocycles. The fraction of sp³-hybridized carbons (Fsp3) is 0. The van der Waals surface area contributed by atoms with Crippen LogP contribution in [0.4, 0.5) is 0 Å².